The number of hydrogen-bond acceptors (Lipinski definition) is 1. The molecule has 0 atom stereocenters. The van der Waals surface area contributed by atoms with Crippen molar-refractivity contribution in [3.05, 3.63) is 0 Å². The Hall–Kier alpha value is -0.240. The van der Waals surface area contributed by atoms with Crippen LogP contribution >= 0.6 is 12.4 Å². The molecule has 0 heterocycles. The van der Waals surface area contributed by atoms with Crippen LogP contribution in [0.2, 0.25) is 0 Å². The Morgan fingerprint density at radius 1 is 1.30 bits per heavy atom. The van der Waals surface area contributed by atoms with Crippen LogP contribution in [0.25, 0.3) is 0 Å². The average Bonchev–Trinajstić information content (AvgIpc) is 1.80. The number of rotatable bonds is 5. The molecule has 0 aromatic carbocycles. The minimum absolute atomic E-state index is 0. The van der Waals surface area contributed by atoms with Crippen molar-refractivity contribution in [3.8, 4) is 0 Å². The first-order valence-corrected chi connectivity index (χ1v) is 3.49. The summed E-state index contributed by atoms with van der Waals surface area (Å²) in [4.78, 5) is 9.96. The predicted molar refractivity (Wildman–Crippen MR) is 43.6 cm³/mol. The van der Waals surface area contributed by atoms with Crippen molar-refractivity contribution in [3.63, 3.8) is 0 Å². The van der Waals surface area contributed by atoms with Crippen molar-refractivity contribution in [1.82, 2.24) is 0 Å². The van der Waals surface area contributed by atoms with Gasteiger partial charge < -0.3 is 5.11 Å². The minimum Gasteiger partial charge on any atom is -0.481 e. The first-order valence-electron chi connectivity index (χ1n) is 3.49. The van der Waals surface area contributed by atoms with Gasteiger partial charge in [-0.1, -0.05) is 26.2 Å². The molecule has 0 aromatic rings. The van der Waals surface area contributed by atoms with Crippen LogP contribution in [0.4, 0.5) is 0 Å². The molecule has 0 unspecified atom stereocenters. The number of hydrogen-bond donors (Lipinski definition) is 1. The van der Waals surface area contributed by atoms with E-state index in [-0.39, 0.29) is 12.4 Å². The van der Waals surface area contributed by atoms with Crippen LogP contribution in [0.15, 0.2) is 0 Å². The highest BCUT2D eigenvalue weighted by Gasteiger charge is 1.93. The first-order chi connectivity index (χ1) is 4.27. The fraction of sp³-hybridized carbons (Fsp3) is 0.857. The highest BCUT2D eigenvalue weighted by molar-refractivity contribution is 5.85. The lowest BCUT2D eigenvalue weighted by atomic mass is 10.2. The van der Waals surface area contributed by atoms with Crippen LogP contribution in [0.5, 0.6) is 0 Å². The molecular formula is C7H15ClO2. The molecule has 1 N–H and O–H groups in total. The normalized spacial score (nSPS) is 8.50. The molecule has 0 aromatic heterocycles. The summed E-state index contributed by atoms with van der Waals surface area (Å²) in [6.07, 6.45) is 4.55. The molecule has 0 aliphatic heterocycles. The van der Waals surface area contributed by atoms with E-state index < -0.39 is 5.97 Å². The lowest BCUT2D eigenvalue weighted by Gasteiger charge is -1.92. The van der Waals surface area contributed by atoms with Crippen LogP contribution in [0.1, 0.15) is 39.0 Å². The van der Waals surface area contributed by atoms with Crippen LogP contribution in [-0.2, 0) is 4.79 Å². The molecule has 0 bridgehead atoms. The third kappa shape index (κ3) is 10.7. The third-order valence-electron chi connectivity index (χ3n) is 1.24. The molecule has 10 heavy (non-hydrogen) atoms. The maximum atomic E-state index is 9.96. The molecule has 2 nitrogen and oxygen atoms in total. The second kappa shape index (κ2) is 8.76. The van der Waals surface area contributed by atoms with Gasteiger partial charge in [-0.25, -0.2) is 0 Å². The minimum atomic E-state index is -0.675. The van der Waals surface area contributed by atoms with Gasteiger partial charge in [-0.3, -0.25) is 4.79 Å². The molecule has 0 aliphatic rings. The van der Waals surface area contributed by atoms with Crippen molar-refractivity contribution in [2.24, 2.45) is 0 Å². The van der Waals surface area contributed by atoms with Gasteiger partial charge in [-0.2, -0.15) is 0 Å². The van der Waals surface area contributed by atoms with Crippen molar-refractivity contribution in [2.75, 3.05) is 0 Å². The summed E-state index contributed by atoms with van der Waals surface area (Å²) >= 11 is 0. The zero-order valence-electron chi connectivity index (χ0n) is 6.30. The lowest BCUT2D eigenvalue weighted by Crippen LogP contribution is -1.92. The first kappa shape index (κ1) is 12.4. The molecule has 0 fully saturated rings. The number of aliphatic carboxylic acids is 1. The van der Waals surface area contributed by atoms with Gasteiger partial charge in [0.05, 0.1) is 0 Å². The molecule has 0 spiro atoms. The summed E-state index contributed by atoms with van der Waals surface area (Å²) in [5, 5.41) is 8.21. The summed E-state index contributed by atoms with van der Waals surface area (Å²) in [7, 11) is 0. The van der Waals surface area contributed by atoms with Crippen molar-refractivity contribution in [2.45, 2.75) is 39.0 Å². The van der Waals surface area contributed by atoms with Crippen LogP contribution in [0, 0.1) is 0 Å². The number of carboxylic acid groups (broad SMARTS) is 1. The largest absolute Gasteiger partial charge is 0.481 e. The fourth-order valence-corrected chi connectivity index (χ4v) is 0.703. The van der Waals surface area contributed by atoms with Gasteiger partial charge >= 0.3 is 5.97 Å². The highest BCUT2D eigenvalue weighted by Crippen LogP contribution is 2.01. The van der Waals surface area contributed by atoms with Gasteiger partial charge in [-0.05, 0) is 6.42 Å². The smallest absolute Gasteiger partial charge is 0.303 e. The van der Waals surface area contributed by atoms with E-state index in [9.17, 15) is 4.79 Å². The Bertz CT molecular complexity index is 83.7. The summed E-state index contributed by atoms with van der Waals surface area (Å²) in [6, 6.07) is 0. The Morgan fingerprint density at radius 2 is 1.90 bits per heavy atom. The maximum Gasteiger partial charge on any atom is 0.303 e. The molecule has 0 saturated heterocycles. The number of carboxylic acids is 1. The molecular weight excluding hydrogens is 152 g/mol. The van der Waals surface area contributed by atoms with E-state index in [1.54, 1.807) is 0 Å². The summed E-state index contributed by atoms with van der Waals surface area (Å²) < 4.78 is 0. The van der Waals surface area contributed by atoms with E-state index in [1.807, 2.05) is 0 Å². The van der Waals surface area contributed by atoms with E-state index in [2.05, 4.69) is 6.92 Å². The zero-order chi connectivity index (χ0) is 7.11. The molecule has 0 aliphatic carbocycles. The molecule has 0 amide bonds. The van der Waals surface area contributed by atoms with Crippen molar-refractivity contribution >= 4 is 18.4 Å². The molecule has 0 radical (unpaired) electrons. The fourth-order valence-electron chi connectivity index (χ4n) is 0.703. The van der Waals surface area contributed by atoms with Crippen molar-refractivity contribution < 1.29 is 9.90 Å². The van der Waals surface area contributed by atoms with Crippen LogP contribution in [0.3, 0.4) is 0 Å². The van der Waals surface area contributed by atoms with Gasteiger partial charge in [0.1, 0.15) is 0 Å². The molecule has 3 heteroatoms. The van der Waals surface area contributed by atoms with Crippen LogP contribution < -0.4 is 0 Å². The predicted octanol–water partition coefficient (Wildman–Crippen LogP) is 2.46. The van der Waals surface area contributed by atoms with Gasteiger partial charge in [0, 0.05) is 6.42 Å². The van der Waals surface area contributed by atoms with Crippen LogP contribution in [-0.4, -0.2) is 11.1 Å². The van der Waals surface area contributed by atoms with E-state index in [4.69, 9.17) is 5.11 Å². The van der Waals surface area contributed by atoms with Gasteiger partial charge in [-0.15, -0.1) is 12.4 Å². The number of carbonyl (C=O) groups is 1. The Labute approximate surface area is 68.0 Å². The SMILES string of the molecule is CCCCCCC(=O)O.Cl. The highest BCUT2D eigenvalue weighted by atomic mass is 35.5. The third-order valence-corrected chi connectivity index (χ3v) is 1.24. The second-order valence-corrected chi connectivity index (χ2v) is 2.20. The van der Waals surface area contributed by atoms with E-state index >= 15 is 0 Å². The Morgan fingerprint density at radius 3 is 2.30 bits per heavy atom. The van der Waals surface area contributed by atoms with Gasteiger partial charge in [0.15, 0.2) is 0 Å². The topological polar surface area (TPSA) is 37.3 Å². The molecule has 0 rings (SSSR count). The molecule has 0 saturated carbocycles. The van der Waals surface area contributed by atoms with E-state index in [0.717, 1.165) is 19.3 Å². The second-order valence-electron chi connectivity index (χ2n) is 2.20. The summed E-state index contributed by atoms with van der Waals surface area (Å²) in [5.41, 5.74) is 0. The quantitative estimate of drug-likeness (QED) is 0.638. The van der Waals surface area contributed by atoms with E-state index in [1.165, 1.54) is 6.42 Å². The number of unbranched alkanes of at least 4 members (excludes halogenated alkanes) is 3. The molecule has 62 valence electrons. The summed E-state index contributed by atoms with van der Waals surface area (Å²) in [5.74, 6) is -0.675. The average molecular weight is 167 g/mol. The lowest BCUT2D eigenvalue weighted by molar-refractivity contribution is -0.137. The van der Waals surface area contributed by atoms with E-state index in [0.29, 0.717) is 6.42 Å². The van der Waals surface area contributed by atoms with Gasteiger partial charge in [0.25, 0.3) is 0 Å². The standard InChI is InChI=1S/C7H14O2.ClH/c1-2-3-4-5-6-7(8)9;/h2-6H2,1H3,(H,8,9);1H. The number of halogens is 1. The Balaban J connectivity index is 0. The van der Waals surface area contributed by atoms with Crippen molar-refractivity contribution in [1.29, 1.82) is 0 Å². The zero-order valence-corrected chi connectivity index (χ0v) is 7.12. The van der Waals surface area contributed by atoms with Gasteiger partial charge in [0.2, 0.25) is 0 Å². The maximum absolute atomic E-state index is 9.96. The summed E-state index contributed by atoms with van der Waals surface area (Å²) in [6.45, 7) is 2.11. The monoisotopic (exact) mass is 166 g/mol. The Kier molecular flexibility index (Phi) is 10.9.